The van der Waals surface area contributed by atoms with E-state index in [1.54, 1.807) is 12.1 Å². The summed E-state index contributed by atoms with van der Waals surface area (Å²) in [5.41, 5.74) is 5.62. The van der Waals surface area contributed by atoms with Gasteiger partial charge >= 0.3 is 0 Å². The van der Waals surface area contributed by atoms with Crippen molar-refractivity contribution in [2.45, 2.75) is 6.10 Å². The molecule has 0 fully saturated rings. The van der Waals surface area contributed by atoms with Crippen molar-refractivity contribution in [3.05, 3.63) is 28.8 Å². The number of benzene rings is 1. The number of aliphatic hydroxyl groups excluding tert-OH is 1. The zero-order valence-electron chi connectivity index (χ0n) is 6.37. The molecule has 66 valence electrons. The van der Waals surface area contributed by atoms with E-state index in [4.69, 9.17) is 17.3 Å². The Labute approximate surface area is 75.4 Å². The van der Waals surface area contributed by atoms with E-state index >= 15 is 0 Å². The zero-order chi connectivity index (χ0) is 9.14. The van der Waals surface area contributed by atoms with E-state index in [0.29, 0.717) is 10.6 Å². The van der Waals surface area contributed by atoms with E-state index in [1.165, 1.54) is 6.07 Å². The topological polar surface area (TPSA) is 66.5 Å². The van der Waals surface area contributed by atoms with Gasteiger partial charge in [-0.3, -0.25) is 0 Å². The van der Waals surface area contributed by atoms with Crippen LogP contribution in [-0.2, 0) is 0 Å². The second-order valence-corrected chi connectivity index (χ2v) is 2.89. The van der Waals surface area contributed by atoms with Crippen molar-refractivity contribution in [3.8, 4) is 5.75 Å². The first-order valence-corrected chi connectivity index (χ1v) is 3.89. The maximum absolute atomic E-state index is 9.29. The standard InChI is InChI=1S/C8H10ClNO2/c9-5-1-2-6(7(11)3-5)8(12)4-10/h1-3,8,11-12H,4,10H2/t8-/m1/s1. The minimum atomic E-state index is -0.831. The number of phenolic OH excluding ortho intramolecular Hbond substituents is 1. The molecule has 0 radical (unpaired) electrons. The van der Waals surface area contributed by atoms with Gasteiger partial charge in [0.25, 0.3) is 0 Å². The SMILES string of the molecule is NC[C@@H](O)c1ccc(Cl)cc1O. The van der Waals surface area contributed by atoms with Gasteiger partial charge in [-0.05, 0) is 12.1 Å². The Bertz CT molecular complexity index is 278. The summed E-state index contributed by atoms with van der Waals surface area (Å²) in [6.07, 6.45) is -0.831. The number of hydrogen-bond acceptors (Lipinski definition) is 3. The van der Waals surface area contributed by atoms with E-state index in [9.17, 15) is 10.2 Å². The van der Waals surface area contributed by atoms with Gasteiger partial charge in [0.2, 0.25) is 0 Å². The van der Waals surface area contributed by atoms with Crippen LogP contribution < -0.4 is 5.73 Å². The minimum absolute atomic E-state index is 0.0274. The molecule has 0 aliphatic heterocycles. The fraction of sp³-hybridized carbons (Fsp3) is 0.250. The van der Waals surface area contributed by atoms with Crippen molar-refractivity contribution in [1.82, 2.24) is 0 Å². The molecule has 0 bridgehead atoms. The second kappa shape index (κ2) is 3.76. The van der Waals surface area contributed by atoms with E-state index in [2.05, 4.69) is 0 Å². The lowest BCUT2D eigenvalue weighted by Crippen LogP contribution is -2.11. The van der Waals surface area contributed by atoms with Crippen molar-refractivity contribution < 1.29 is 10.2 Å². The van der Waals surface area contributed by atoms with Crippen LogP contribution in [0.25, 0.3) is 0 Å². The highest BCUT2D eigenvalue weighted by atomic mass is 35.5. The zero-order valence-corrected chi connectivity index (χ0v) is 7.12. The molecule has 12 heavy (non-hydrogen) atoms. The summed E-state index contributed by atoms with van der Waals surface area (Å²) in [5.74, 6) is -0.0274. The van der Waals surface area contributed by atoms with E-state index in [0.717, 1.165) is 0 Å². The average molecular weight is 188 g/mol. The number of phenols is 1. The minimum Gasteiger partial charge on any atom is -0.508 e. The van der Waals surface area contributed by atoms with Crippen LogP contribution in [0.5, 0.6) is 5.75 Å². The fourth-order valence-electron chi connectivity index (χ4n) is 0.926. The number of rotatable bonds is 2. The first kappa shape index (κ1) is 9.32. The molecular weight excluding hydrogens is 178 g/mol. The Kier molecular flexibility index (Phi) is 2.92. The van der Waals surface area contributed by atoms with Crippen LogP contribution in [-0.4, -0.2) is 16.8 Å². The predicted molar refractivity (Wildman–Crippen MR) is 47.1 cm³/mol. The molecule has 0 saturated carbocycles. The van der Waals surface area contributed by atoms with Gasteiger partial charge in [-0.25, -0.2) is 0 Å². The monoisotopic (exact) mass is 187 g/mol. The first-order valence-electron chi connectivity index (χ1n) is 3.51. The summed E-state index contributed by atoms with van der Waals surface area (Å²) in [6, 6.07) is 4.51. The molecule has 0 heterocycles. The lowest BCUT2D eigenvalue weighted by molar-refractivity contribution is 0.182. The van der Waals surface area contributed by atoms with Gasteiger partial charge in [-0.15, -0.1) is 0 Å². The second-order valence-electron chi connectivity index (χ2n) is 2.45. The smallest absolute Gasteiger partial charge is 0.122 e. The number of nitrogens with two attached hydrogens (primary N) is 1. The maximum atomic E-state index is 9.29. The van der Waals surface area contributed by atoms with Crippen LogP contribution in [0.2, 0.25) is 5.02 Å². The molecule has 0 aromatic heterocycles. The molecule has 0 saturated heterocycles. The third-order valence-electron chi connectivity index (χ3n) is 1.57. The first-order chi connectivity index (χ1) is 5.65. The third kappa shape index (κ3) is 1.88. The molecule has 4 heteroatoms. The van der Waals surface area contributed by atoms with Gasteiger partial charge in [-0.1, -0.05) is 17.7 Å². The highest BCUT2D eigenvalue weighted by Gasteiger charge is 2.09. The largest absolute Gasteiger partial charge is 0.508 e. The number of halogens is 1. The third-order valence-corrected chi connectivity index (χ3v) is 1.81. The molecule has 4 N–H and O–H groups in total. The quantitative estimate of drug-likeness (QED) is 0.648. The van der Waals surface area contributed by atoms with Gasteiger partial charge in [-0.2, -0.15) is 0 Å². The normalized spacial score (nSPS) is 12.9. The Hall–Kier alpha value is -0.770. The molecule has 1 rings (SSSR count). The lowest BCUT2D eigenvalue weighted by atomic mass is 10.1. The average Bonchev–Trinajstić information content (AvgIpc) is 2.03. The van der Waals surface area contributed by atoms with Crippen LogP contribution in [0, 0.1) is 0 Å². The van der Waals surface area contributed by atoms with Crippen LogP contribution in [0.1, 0.15) is 11.7 Å². The van der Waals surface area contributed by atoms with Gasteiger partial charge in [0.05, 0.1) is 6.10 Å². The summed E-state index contributed by atoms with van der Waals surface area (Å²) in [5, 5.41) is 19.0. The molecule has 0 aliphatic rings. The van der Waals surface area contributed by atoms with Crippen molar-refractivity contribution in [1.29, 1.82) is 0 Å². The van der Waals surface area contributed by atoms with Gasteiger partial charge < -0.3 is 15.9 Å². The number of hydrogen-bond donors (Lipinski definition) is 3. The molecule has 0 unspecified atom stereocenters. The lowest BCUT2D eigenvalue weighted by Gasteiger charge is -2.09. The Morgan fingerprint density at radius 2 is 2.17 bits per heavy atom. The molecule has 1 atom stereocenters. The van der Waals surface area contributed by atoms with Crippen molar-refractivity contribution in [2.75, 3.05) is 6.54 Å². The highest BCUT2D eigenvalue weighted by Crippen LogP contribution is 2.26. The summed E-state index contributed by atoms with van der Waals surface area (Å²) < 4.78 is 0. The molecule has 1 aromatic carbocycles. The van der Waals surface area contributed by atoms with Crippen LogP contribution in [0.4, 0.5) is 0 Å². The van der Waals surface area contributed by atoms with Gasteiger partial charge in [0.1, 0.15) is 5.75 Å². The Morgan fingerprint density at radius 3 is 2.67 bits per heavy atom. The fourth-order valence-corrected chi connectivity index (χ4v) is 1.09. The van der Waals surface area contributed by atoms with E-state index in [1.807, 2.05) is 0 Å². The van der Waals surface area contributed by atoms with Crippen LogP contribution >= 0.6 is 11.6 Å². The molecule has 1 aromatic rings. The molecule has 0 spiro atoms. The summed E-state index contributed by atoms with van der Waals surface area (Å²) >= 11 is 5.59. The molecule has 0 aliphatic carbocycles. The van der Waals surface area contributed by atoms with Crippen LogP contribution in [0.15, 0.2) is 18.2 Å². The highest BCUT2D eigenvalue weighted by molar-refractivity contribution is 6.30. The summed E-state index contributed by atoms with van der Waals surface area (Å²) in [4.78, 5) is 0. The number of aliphatic hydroxyl groups is 1. The van der Waals surface area contributed by atoms with Gasteiger partial charge in [0, 0.05) is 17.1 Å². The van der Waals surface area contributed by atoms with E-state index < -0.39 is 6.10 Å². The van der Waals surface area contributed by atoms with E-state index in [-0.39, 0.29) is 12.3 Å². The molecule has 0 amide bonds. The summed E-state index contributed by atoms with van der Waals surface area (Å²) in [6.45, 7) is 0.0786. The van der Waals surface area contributed by atoms with Crippen molar-refractivity contribution >= 4 is 11.6 Å². The Balaban J connectivity index is 3.01. The Morgan fingerprint density at radius 1 is 1.50 bits per heavy atom. The number of aromatic hydroxyl groups is 1. The molecule has 3 nitrogen and oxygen atoms in total. The maximum Gasteiger partial charge on any atom is 0.122 e. The predicted octanol–water partition coefficient (Wildman–Crippen LogP) is 1.04. The molecular formula is C8H10ClNO2. The van der Waals surface area contributed by atoms with Crippen molar-refractivity contribution in [2.24, 2.45) is 5.73 Å². The van der Waals surface area contributed by atoms with Gasteiger partial charge in [0.15, 0.2) is 0 Å². The summed E-state index contributed by atoms with van der Waals surface area (Å²) in [7, 11) is 0. The van der Waals surface area contributed by atoms with Crippen molar-refractivity contribution in [3.63, 3.8) is 0 Å². The van der Waals surface area contributed by atoms with Crippen LogP contribution in [0.3, 0.4) is 0 Å².